The Morgan fingerprint density at radius 1 is 0.694 bits per heavy atom. The lowest BCUT2D eigenvalue weighted by Crippen LogP contribution is -2.57. The number of carboxylic acid groups (broad SMARTS) is 3. The molecule has 15 heteroatoms. The van der Waals surface area contributed by atoms with E-state index in [2.05, 4.69) is 16.0 Å². The SMILES string of the molecule is CCC(C)C(N)C(=O)NC(CCC(=O)O)C(=O)NC(CCC(=O)O)C(=O)NC(CCC(N)=O)C(=O)O. The fourth-order valence-corrected chi connectivity index (χ4v) is 2.94. The predicted molar refractivity (Wildman–Crippen MR) is 123 cm³/mol. The highest BCUT2D eigenvalue weighted by atomic mass is 16.4. The zero-order chi connectivity index (χ0) is 28.0. The monoisotopic (exact) mass is 517 g/mol. The summed E-state index contributed by atoms with van der Waals surface area (Å²) in [6, 6.07) is -5.52. The largest absolute Gasteiger partial charge is 0.481 e. The van der Waals surface area contributed by atoms with E-state index in [9.17, 15) is 38.7 Å². The first-order valence-corrected chi connectivity index (χ1v) is 11.3. The number of nitrogens with one attached hydrogen (secondary N) is 3. The Kier molecular flexibility index (Phi) is 14.4. The minimum absolute atomic E-state index is 0.254. The lowest BCUT2D eigenvalue weighted by atomic mass is 9.98. The predicted octanol–water partition coefficient (Wildman–Crippen LogP) is -2.11. The van der Waals surface area contributed by atoms with Gasteiger partial charge in [-0.25, -0.2) is 4.79 Å². The maximum atomic E-state index is 12.9. The summed E-state index contributed by atoms with van der Waals surface area (Å²) in [6.07, 6.45) is -2.05. The van der Waals surface area contributed by atoms with E-state index < -0.39 is 85.0 Å². The lowest BCUT2D eigenvalue weighted by Gasteiger charge is -2.25. The Morgan fingerprint density at radius 2 is 1.08 bits per heavy atom. The van der Waals surface area contributed by atoms with E-state index in [1.807, 2.05) is 0 Å². The molecule has 0 aliphatic carbocycles. The maximum absolute atomic E-state index is 12.9. The summed E-state index contributed by atoms with van der Waals surface area (Å²) in [4.78, 5) is 82.5. The number of nitrogens with two attached hydrogens (primary N) is 2. The molecule has 0 aliphatic rings. The van der Waals surface area contributed by atoms with Gasteiger partial charge in [0, 0.05) is 19.3 Å². The van der Waals surface area contributed by atoms with Crippen LogP contribution >= 0.6 is 0 Å². The molecule has 0 fully saturated rings. The number of carbonyl (C=O) groups is 7. The van der Waals surface area contributed by atoms with Crippen molar-refractivity contribution >= 4 is 41.5 Å². The number of aliphatic carboxylic acids is 3. The van der Waals surface area contributed by atoms with Crippen LogP contribution in [0.1, 0.15) is 58.8 Å². The van der Waals surface area contributed by atoms with Gasteiger partial charge < -0.3 is 42.7 Å². The molecular formula is C21H35N5O10. The van der Waals surface area contributed by atoms with Crippen molar-refractivity contribution in [2.75, 3.05) is 0 Å². The average molecular weight is 518 g/mol. The highest BCUT2D eigenvalue weighted by Gasteiger charge is 2.31. The summed E-state index contributed by atoms with van der Waals surface area (Å²) >= 11 is 0. The zero-order valence-electron chi connectivity index (χ0n) is 20.2. The molecule has 0 radical (unpaired) electrons. The van der Waals surface area contributed by atoms with Crippen molar-refractivity contribution in [1.29, 1.82) is 0 Å². The highest BCUT2D eigenvalue weighted by molar-refractivity contribution is 5.94. The summed E-state index contributed by atoms with van der Waals surface area (Å²) in [7, 11) is 0. The van der Waals surface area contributed by atoms with E-state index in [1.165, 1.54) is 0 Å². The van der Waals surface area contributed by atoms with Crippen molar-refractivity contribution in [1.82, 2.24) is 16.0 Å². The second-order valence-electron chi connectivity index (χ2n) is 8.30. The third-order valence-electron chi connectivity index (χ3n) is 5.41. The van der Waals surface area contributed by atoms with E-state index >= 15 is 0 Å². The molecule has 0 saturated carbocycles. The van der Waals surface area contributed by atoms with Gasteiger partial charge in [0.1, 0.15) is 18.1 Å². The van der Waals surface area contributed by atoms with Gasteiger partial charge in [-0.1, -0.05) is 20.3 Å². The normalized spacial score (nSPS) is 14.9. The molecule has 0 aromatic rings. The smallest absolute Gasteiger partial charge is 0.326 e. The van der Waals surface area contributed by atoms with Crippen molar-refractivity contribution in [3.8, 4) is 0 Å². The quantitative estimate of drug-likeness (QED) is 0.0974. The van der Waals surface area contributed by atoms with Crippen LogP contribution in [0.25, 0.3) is 0 Å². The van der Waals surface area contributed by atoms with Crippen LogP contribution in [0.15, 0.2) is 0 Å². The van der Waals surface area contributed by atoms with E-state index in [4.69, 9.17) is 21.7 Å². The van der Waals surface area contributed by atoms with E-state index in [1.54, 1.807) is 13.8 Å². The fourth-order valence-electron chi connectivity index (χ4n) is 2.94. The van der Waals surface area contributed by atoms with E-state index in [0.29, 0.717) is 6.42 Å². The molecule has 204 valence electrons. The second-order valence-corrected chi connectivity index (χ2v) is 8.30. The summed E-state index contributed by atoms with van der Waals surface area (Å²) in [5.74, 6) is -7.88. The molecule has 15 nitrogen and oxygen atoms in total. The lowest BCUT2D eigenvalue weighted by molar-refractivity contribution is -0.143. The summed E-state index contributed by atoms with van der Waals surface area (Å²) in [5, 5.41) is 34.0. The van der Waals surface area contributed by atoms with Gasteiger partial charge in [0.25, 0.3) is 0 Å². The molecule has 0 aromatic heterocycles. The minimum Gasteiger partial charge on any atom is -0.481 e. The molecular weight excluding hydrogens is 482 g/mol. The molecule has 5 atom stereocenters. The van der Waals surface area contributed by atoms with E-state index in [-0.39, 0.29) is 25.2 Å². The van der Waals surface area contributed by atoms with Crippen molar-refractivity contribution in [2.45, 2.75) is 83.0 Å². The zero-order valence-corrected chi connectivity index (χ0v) is 20.2. The molecule has 5 unspecified atom stereocenters. The van der Waals surface area contributed by atoms with Gasteiger partial charge >= 0.3 is 17.9 Å². The molecule has 0 heterocycles. The van der Waals surface area contributed by atoms with Gasteiger partial charge in [0.15, 0.2) is 0 Å². The summed E-state index contributed by atoms with van der Waals surface area (Å²) in [6.45, 7) is 3.51. The Hall–Kier alpha value is -3.75. The Bertz CT molecular complexity index is 834. The molecule has 0 rings (SSSR count). The fraction of sp³-hybridized carbons (Fsp3) is 0.667. The van der Waals surface area contributed by atoms with Gasteiger partial charge in [-0.15, -0.1) is 0 Å². The third-order valence-corrected chi connectivity index (χ3v) is 5.41. The number of rotatable bonds is 18. The summed E-state index contributed by atoms with van der Waals surface area (Å²) < 4.78 is 0. The first-order valence-electron chi connectivity index (χ1n) is 11.3. The molecule has 4 amide bonds. The maximum Gasteiger partial charge on any atom is 0.326 e. The molecule has 36 heavy (non-hydrogen) atoms. The topological polar surface area (TPSA) is 268 Å². The molecule has 10 N–H and O–H groups in total. The van der Waals surface area contributed by atoms with Gasteiger partial charge in [-0.3, -0.25) is 28.8 Å². The van der Waals surface area contributed by atoms with Crippen LogP contribution < -0.4 is 27.4 Å². The number of hydrogen-bond donors (Lipinski definition) is 8. The van der Waals surface area contributed by atoms with Crippen LogP contribution in [0.3, 0.4) is 0 Å². The number of carbonyl (C=O) groups excluding carboxylic acids is 4. The first kappa shape index (κ1) is 32.2. The van der Waals surface area contributed by atoms with Crippen molar-refractivity contribution in [3.05, 3.63) is 0 Å². The molecule has 0 bridgehead atoms. The van der Waals surface area contributed by atoms with Crippen LogP contribution in [-0.4, -0.2) is 81.0 Å². The Morgan fingerprint density at radius 3 is 1.44 bits per heavy atom. The van der Waals surface area contributed by atoms with Gasteiger partial charge in [-0.2, -0.15) is 0 Å². The summed E-state index contributed by atoms with van der Waals surface area (Å²) in [5.41, 5.74) is 10.9. The second kappa shape index (κ2) is 16.0. The van der Waals surface area contributed by atoms with Crippen molar-refractivity contribution < 1.29 is 48.9 Å². The third kappa shape index (κ3) is 12.6. The number of amides is 4. The van der Waals surface area contributed by atoms with E-state index in [0.717, 1.165) is 0 Å². The minimum atomic E-state index is -1.55. The van der Waals surface area contributed by atoms with Crippen LogP contribution in [0.2, 0.25) is 0 Å². The van der Waals surface area contributed by atoms with Crippen LogP contribution in [-0.2, 0) is 33.6 Å². The standard InChI is InChI=1S/C21H35N5O10/c1-3-10(2)17(23)20(34)25-12(6-9-16(30)31)18(32)24-11(5-8-15(28)29)19(33)26-13(21(35)36)4-7-14(22)27/h10-13,17H,3-9,23H2,1-2H3,(H2,22,27)(H,24,32)(H,25,34)(H,26,33)(H,28,29)(H,30,31)(H,35,36). The molecule has 0 aliphatic heterocycles. The highest BCUT2D eigenvalue weighted by Crippen LogP contribution is 2.08. The Labute approximate surface area is 207 Å². The first-order chi connectivity index (χ1) is 16.7. The van der Waals surface area contributed by atoms with Crippen LogP contribution in [0, 0.1) is 5.92 Å². The van der Waals surface area contributed by atoms with Crippen LogP contribution in [0.4, 0.5) is 0 Å². The van der Waals surface area contributed by atoms with Crippen molar-refractivity contribution in [2.24, 2.45) is 17.4 Å². The van der Waals surface area contributed by atoms with Gasteiger partial charge in [-0.05, 0) is 25.2 Å². The van der Waals surface area contributed by atoms with Gasteiger partial charge in [0.05, 0.1) is 6.04 Å². The van der Waals surface area contributed by atoms with Crippen molar-refractivity contribution in [3.63, 3.8) is 0 Å². The number of carboxylic acids is 3. The average Bonchev–Trinajstić information content (AvgIpc) is 2.79. The number of primary amides is 1. The number of hydrogen-bond acceptors (Lipinski definition) is 8. The van der Waals surface area contributed by atoms with Crippen LogP contribution in [0.5, 0.6) is 0 Å². The van der Waals surface area contributed by atoms with Gasteiger partial charge in [0.2, 0.25) is 23.6 Å². The molecule has 0 spiro atoms. The molecule has 0 aromatic carbocycles. The Balaban J connectivity index is 5.68. The molecule has 0 saturated heterocycles.